The molecule has 0 aromatic carbocycles. The third-order valence-electron chi connectivity index (χ3n) is 2.38. The van der Waals surface area contributed by atoms with Gasteiger partial charge in [-0.3, -0.25) is 9.67 Å². The highest BCUT2D eigenvalue weighted by Gasteiger charge is 1.97. The zero-order valence-corrected chi connectivity index (χ0v) is 9.64. The zero-order chi connectivity index (χ0) is 11.4. The quantitative estimate of drug-likeness (QED) is 0.847. The molecule has 1 N–H and O–H groups in total. The van der Waals surface area contributed by atoms with Crippen molar-refractivity contribution in [3.63, 3.8) is 0 Å². The summed E-state index contributed by atoms with van der Waals surface area (Å²) in [4.78, 5) is 4.15. The van der Waals surface area contributed by atoms with E-state index in [0.717, 1.165) is 30.0 Å². The molecule has 2 rings (SSSR count). The summed E-state index contributed by atoms with van der Waals surface area (Å²) in [5.74, 6) is 0. The fraction of sp³-hybridized carbons (Fsp3) is 0.333. The summed E-state index contributed by atoms with van der Waals surface area (Å²) in [7, 11) is 1.93. The van der Waals surface area contributed by atoms with E-state index in [1.54, 1.807) is 0 Å². The molecule has 0 amide bonds. The topological polar surface area (TPSA) is 42.7 Å². The maximum absolute atomic E-state index is 4.32. The molecule has 84 valence electrons. The predicted molar refractivity (Wildman–Crippen MR) is 64.4 cm³/mol. The summed E-state index contributed by atoms with van der Waals surface area (Å²) in [5.41, 5.74) is 3.26. The Morgan fingerprint density at radius 1 is 1.38 bits per heavy atom. The van der Waals surface area contributed by atoms with Crippen LogP contribution in [0.4, 0.5) is 5.69 Å². The smallest absolute Gasteiger partial charge is 0.0642 e. The normalized spacial score (nSPS) is 10.4. The van der Waals surface area contributed by atoms with Gasteiger partial charge < -0.3 is 5.32 Å². The van der Waals surface area contributed by atoms with E-state index < -0.39 is 0 Å². The van der Waals surface area contributed by atoms with Crippen LogP contribution in [0.3, 0.4) is 0 Å². The lowest BCUT2D eigenvalue weighted by molar-refractivity contribution is 0.742. The van der Waals surface area contributed by atoms with Crippen LogP contribution in [-0.4, -0.2) is 21.3 Å². The van der Waals surface area contributed by atoms with Crippen LogP contribution in [0.1, 0.15) is 11.4 Å². The van der Waals surface area contributed by atoms with Crippen molar-refractivity contribution >= 4 is 5.69 Å². The highest BCUT2D eigenvalue weighted by molar-refractivity contribution is 5.42. The average molecular weight is 216 g/mol. The van der Waals surface area contributed by atoms with Crippen LogP contribution >= 0.6 is 0 Å². The molecule has 0 unspecified atom stereocenters. The van der Waals surface area contributed by atoms with Crippen LogP contribution in [0, 0.1) is 6.92 Å². The van der Waals surface area contributed by atoms with Gasteiger partial charge in [-0.25, -0.2) is 0 Å². The number of anilines is 1. The Hall–Kier alpha value is -1.84. The Bertz CT molecular complexity index is 462. The second kappa shape index (κ2) is 4.79. The summed E-state index contributed by atoms with van der Waals surface area (Å²) in [6, 6.07) is 6.06. The molecule has 0 radical (unpaired) electrons. The van der Waals surface area contributed by atoms with Gasteiger partial charge in [-0.1, -0.05) is 0 Å². The minimum absolute atomic E-state index is 0.889. The molecular formula is C12H16N4. The number of hydrogen-bond donors (Lipinski definition) is 1. The predicted octanol–water partition coefficient (Wildman–Crippen LogP) is 1.78. The average Bonchev–Trinajstić information content (AvgIpc) is 2.64. The second-order valence-electron chi connectivity index (χ2n) is 3.84. The lowest BCUT2D eigenvalue weighted by atomic mass is 10.3. The van der Waals surface area contributed by atoms with Crippen molar-refractivity contribution in [1.29, 1.82) is 0 Å². The van der Waals surface area contributed by atoms with Crippen LogP contribution < -0.4 is 5.32 Å². The number of nitrogens with one attached hydrogen (secondary N) is 1. The number of aryl methyl sites for hydroxylation is 2. The van der Waals surface area contributed by atoms with Gasteiger partial charge in [0.25, 0.3) is 0 Å². The monoisotopic (exact) mass is 216 g/mol. The summed E-state index contributed by atoms with van der Waals surface area (Å²) in [6.45, 7) is 2.88. The van der Waals surface area contributed by atoms with Gasteiger partial charge >= 0.3 is 0 Å². The molecule has 0 fully saturated rings. The second-order valence-corrected chi connectivity index (χ2v) is 3.84. The van der Waals surface area contributed by atoms with E-state index in [9.17, 15) is 0 Å². The first kappa shape index (κ1) is 10.7. The zero-order valence-electron chi connectivity index (χ0n) is 9.64. The summed E-state index contributed by atoms with van der Waals surface area (Å²) in [6.07, 6.45) is 4.71. The SMILES string of the molecule is Cc1cc(NCCc2ccn(C)n2)ccn1. The van der Waals surface area contributed by atoms with E-state index in [0.29, 0.717) is 0 Å². The Morgan fingerprint density at radius 2 is 2.25 bits per heavy atom. The molecule has 2 aromatic heterocycles. The van der Waals surface area contributed by atoms with Gasteiger partial charge in [0.2, 0.25) is 0 Å². The fourth-order valence-corrected chi connectivity index (χ4v) is 1.59. The molecule has 4 heteroatoms. The van der Waals surface area contributed by atoms with E-state index in [4.69, 9.17) is 0 Å². The Labute approximate surface area is 95.3 Å². The Morgan fingerprint density at radius 3 is 2.94 bits per heavy atom. The van der Waals surface area contributed by atoms with Crippen molar-refractivity contribution in [2.75, 3.05) is 11.9 Å². The molecule has 0 aliphatic carbocycles. The molecule has 4 nitrogen and oxygen atoms in total. The first-order valence-electron chi connectivity index (χ1n) is 5.39. The van der Waals surface area contributed by atoms with Gasteiger partial charge in [0.15, 0.2) is 0 Å². The summed E-state index contributed by atoms with van der Waals surface area (Å²) < 4.78 is 1.83. The first-order valence-corrected chi connectivity index (χ1v) is 5.39. The molecule has 16 heavy (non-hydrogen) atoms. The van der Waals surface area contributed by atoms with Gasteiger partial charge in [-0.05, 0) is 25.1 Å². The maximum Gasteiger partial charge on any atom is 0.0642 e. The number of pyridine rings is 1. The van der Waals surface area contributed by atoms with Crippen LogP contribution in [0.25, 0.3) is 0 Å². The summed E-state index contributed by atoms with van der Waals surface area (Å²) in [5, 5.41) is 7.68. The first-order chi connectivity index (χ1) is 7.74. The number of hydrogen-bond acceptors (Lipinski definition) is 3. The lowest BCUT2D eigenvalue weighted by Crippen LogP contribution is -2.06. The standard InChI is InChI=1S/C12H16N4/c1-10-9-12(4-6-13-10)14-7-3-11-5-8-16(2)15-11/h4-6,8-9H,3,7H2,1-2H3,(H,13,14). The van der Waals surface area contributed by atoms with Gasteiger partial charge in [-0.15, -0.1) is 0 Å². The van der Waals surface area contributed by atoms with E-state index in [1.165, 1.54) is 0 Å². The highest BCUT2D eigenvalue weighted by atomic mass is 15.2. The fourth-order valence-electron chi connectivity index (χ4n) is 1.59. The minimum atomic E-state index is 0.889. The molecule has 0 atom stereocenters. The van der Waals surface area contributed by atoms with Gasteiger partial charge in [-0.2, -0.15) is 5.10 Å². The van der Waals surface area contributed by atoms with Crippen molar-refractivity contribution < 1.29 is 0 Å². The molecule has 0 aliphatic heterocycles. The van der Waals surface area contributed by atoms with Crippen molar-refractivity contribution in [1.82, 2.24) is 14.8 Å². The molecule has 0 spiro atoms. The van der Waals surface area contributed by atoms with E-state index in [1.807, 2.05) is 49.2 Å². The number of rotatable bonds is 4. The number of aromatic nitrogens is 3. The molecule has 0 bridgehead atoms. The molecule has 0 saturated heterocycles. The molecule has 2 aromatic rings. The Kier molecular flexibility index (Phi) is 3.19. The van der Waals surface area contributed by atoms with Crippen LogP contribution in [0.2, 0.25) is 0 Å². The van der Waals surface area contributed by atoms with E-state index in [2.05, 4.69) is 15.4 Å². The molecule has 0 saturated carbocycles. The maximum atomic E-state index is 4.32. The van der Waals surface area contributed by atoms with E-state index in [-0.39, 0.29) is 0 Å². The summed E-state index contributed by atoms with van der Waals surface area (Å²) >= 11 is 0. The van der Waals surface area contributed by atoms with Crippen molar-refractivity contribution in [2.24, 2.45) is 7.05 Å². The highest BCUT2D eigenvalue weighted by Crippen LogP contribution is 2.07. The van der Waals surface area contributed by atoms with Crippen molar-refractivity contribution in [3.8, 4) is 0 Å². The van der Waals surface area contributed by atoms with Crippen LogP contribution in [-0.2, 0) is 13.5 Å². The van der Waals surface area contributed by atoms with Crippen molar-refractivity contribution in [2.45, 2.75) is 13.3 Å². The third-order valence-corrected chi connectivity index (χ3v) is 2.38. The molecule has 2 heterocycles. The van der Waals surface area contributed by atoms with Gasteiger partial charge in [0.1, 0.15) is 0 Å². The molecular weight excluding hydrogens is 200 g/mol. The van der Waals surface area contributed by atoms with Crippen molar-refractivity contribution in [3.05, 3.63) is 42.0 Å². The molecule has 0 aliphatic rings. The lowest BCUT2D eigenvalue weighted by Gasteiger charge is -2.05. The third kappa shape index (κ3) is 2.82. The number of nitrogens with zero attached hydrogens (tertiary/aromatic N) is 3. The van der Waals surface area contributed by atoms with Crippen LogP contribution in [0.15, 0.2) is 30.6 Å². The van der Waals surface area contributed by atoms with Gasteiger partial charge in [0.05, 0.1) is 5.69 Å². The minimum Gasteiger partial charge on any atom is -0.385 e. The largest absolute Gasteiger partial charge is 0.385 e. The Balaban J connectivity index is 1.84. The van der Waals surface area contributed by atoms with Gasteiger partial charge in [0, 0.05) is 43.8 Å². The van der Waals surface area contributed by atoms with Crippen LogP contribution in [0.5, 0.6) is 0 Å². The van der Waals surface area contributed by atoms with E-state index >= 15 is 0 Å².